The molecule has 0 amide bonds. The zero-order valence-electron chi connectivity index (χ0n) is 65.3. The van der Waals surface area contributed by atoms with E-state index in [0.29, 0.717) is 121 Å². The van der Waals surface area contributed by atoms with Crippen LogP contribution in [0.5, 0.6) is 34.5 Å². The van der Waals surface area contributed by atoms with Gasteiger partial charge in [0.25, 0.3) is 0 Å². The summed E-state index contributed by atoms with van der Waals surface area (Å²) in [6, 6.07) is 24.0. The van der Waals surface area contributed by atoms with E-state index in [1.54, 1.807) is 14.2 Å². The Hall–Kier alpha value is -8.20. The zero-order valence-corrected chi connectivity index (χ0v) is 65.3. The molecule has 6 aromatic carbocycles. The molecule has 638 valence electrons. The first-order chi connectivity index (χ1) is 55.1. The summed E-state index contributed by atoms with van der Waals surface area (Å²) < 4.78 is 185. The third-order valence-electron chi connectivity index (χ3n) is 19.9. The van der Waals surface area contributed by atoms with Gasteiger partial charge in [0.1, 0.15) is 156 Å². The fourth-order valence-corrected chi connectivity index (χ4v) is 13.6. The maximum atomic E-state index is 13.1. The van der Waals surface area contributed by atoms with E-state index in [0.717, 1.165) is 0 Å². The molecule has 6 aromatic rings. The van der Waals surface area contributed by atoms with Crippen LogP contribution in [-0.2, 0) is 66.3 Å². The molecule has 0 aromatic heterocycles. The van der Waals surface area contributed by atoms with E-state index >= 15 is 0 Å². The van der Waals surface area contributed by atoms with E-state index in [9.17, 15) is 55.1 Å². The number of Topliss-reactive ketones (excluding diaryl/α,β-unsaturated/α-hetero) is 6. The zero-order chi connectivity index (χ0) is 82.7. The molecule has 26 nitrogen and oxygen atoms in total. The van der Waals surface area contributed by atoms with Crippen molar-refractivity contribution in [1.29, 1.82) is 0 Å². The van der Waals surface area contributed by atoms with Crippen LogP contribution in [0.3, 0.4) is 0 Å². The summed E-state index contributed by atoms with van der Waals surface area (Å²) >= 11 is 0. The Balaban J connectivity index is 0.000000133. The molecule has 0 N–H and O–H groups in total. The van der Waals surface area contributed by atoms with Gasteiger partial charge in [-0.2, -0.15) is 0 Å². The molecule has 0 radical (unpaired) electrons. The first-order valence-corrected chi connectivity index (χ1v) is 37.9. The summed E-state index contributed by atoms with van der Waals surface area (Å²) in [5.74, 6) is -2.59. The van der Waals surface area contributed by atoms with Gasteiger partial charge >= 0.3 is 19.8 Å². The second-order valence-electron chi connectivity index (χ2n) is 30.8. The molecule has 0 aliphatic carbocycles. The molecule has 2 unspecified atom stereocenters. The first kappa shape index (κ1) is 90.6. The molecule has 14 heterocycles. The quantitative estimate of drug-likeness (QED) is 0.0776. The topological polar surface area (TPSA) is 300 Å². The monoisotopic (exact) mass is 1720 g/mol. The van der Waals surface area contributed by atoms with Crippen LogP contribution in [-0.4, -0.2) is 231 Å². The average Bonchev–Trinajstić information content (AvgIpc) is 1.42. The molecule has 14 atom stereocenters. The van der Waals surface area contributed by atoms with Gasteiger partial charge in [0, 0.05) is 14.2 Å². The van der Waals surface area contributed by atoms with Gasteiger partial charge < -0.3 is 94.7 Å². The maximum absolute atomic E-state index is 13.1. The normalized spacial score (nSPS) is 28.7. The average molecular weight is 1720 g/mol. The van der Waals surface area contributed by atoms with Gasteiger partial charge in [-0.3, -0.25) is 28.8 Å². The van der Waals surface area contributed by atoms with Crippen molar-refractivity contribution in [3.05, 3.63) is 177 Å². The van der Waals surface area contributed by atoms with Gasteiger partial charge in [0.05, 0.1) is 112 Å². The number of methoxy groups -OCH3 is 2. The molecule has 0 spiro atoms. The summed E-state index contributed by atoms with van der Waals surface area (Å²) in [5, 5.41) is 0. The van der Waals surface area contributed by atoms with Crippen LogP contribution in [0, 0.1) is 34.9 Å². The molecule has 14 aliphatic heterocycles. The SMILES string of the molecule is C.CC1(C)OC[C@@H](C2CC(=O)c3cc(F)ccc3O2)O1.CC1(C)OC[C@H](C2CC(=O)c3cc(F)ccc3O2)O1.CO[C@H]1COC(C)(C)O1.CO[C@H]1COC(C)(C)O1.O=C1C[C@@H]([C@@H]2CO2)Oc2ccc(F)cc21.O=C1C[C@@H]([C@H]2CO2)Oc2ccc(F)cc21.O=C1C[C@H]([C@@H]2CO2)Oc2ccc(F)cc21.O=C1C[C@H]([C@H]2CO2)Oc2ccc(F)cc21.[GaH3]. The number of carbonyl (C=O) groups is 6. The van der Waals surface area contributed by atoms with Gasteiger partial charge in [-0.25, -0.2) is 26.3 Å². The third-order valence-corrected chi connectivity index (χ3v) is 19.9. The Bertz CT molecular complexity index is 4160. The number of hydrogen-bond donors (Lipinski definition) is 0. The van der Waals surface area contributed by atoms with Crippen molar-refractivity contribution < 1.29 is 150 Å². The van der Waals surface area contributed by atoms with Crippen LogP contribution in [0.1, 0.15) is 163 Å². The minimum absolute atomic E-state index is 0. The second-order valence-corrected chi connectivity index (χ2v) is 30.8. The van der Waals surface area contributed by atoms with Gasteiger partial charge in [0.15, 0.2) is 70.4 Å². The van der Waals surface area contributed by atoms with Crippen LogP contribution in [0.4, 0.5) is 26.3 Å². The molecule has 20 rings (SSSR count). The second kappa shape index (κ2) is 38.3. The van der Waals surface area contributed by atoms with Gasteiger partial charge in [-0.1, -0.05) is 7.43 Å². The van der Waals surface area contributed by atoms with E-state index < -0.39 is 58.1 Å². The Morgan fingerprint density at radius 1 is 0.271 bits per heavy atom. The predicted octanol–water partition coefficient (Wildman–Crippen LogP) is 11.8. The van der Waals surface area contributed by atoms with Crippen molar-refractivity contribution in [3.63, 3.8) is 0 Å². The number of hydrogen-bond acceptors (Lipinski definition) is 26. The standard InChI is InChI=1S/2C14H15FO4.4C11H9FO3.2C6H12O3.CH4.Ga.3H/c2*1-14(2)17-7-13(19-14)12-6-10(16)9-5-8(15)3-4-11(9)18-12;4*12-6-1-2-9-7(3-6)8(13)4-10(15-9)11-5-14-11;2*1-6(2)8-4-5(7-3)9-6;;;;;/h2*3-5,12-13H,6-7H2,1-2H3;4*1-3,10-11H,4-5H2;2*5H,4H2,1-3H3;1H4;;;;/t2*12?,13-;2*10-,11+;2*10-,11-;2*5-;;;;;/m10101011...../s1. The van der Waals surface area contributed by atoms with E-state index in [1.165, 1.54) is 109 Å². The molecule has 8 saturated heterocycles. The molecule has 8 fully saturated rings. The van der Waals surface area contributed by atoms with Crippen molar-refractivity contribution in [1.82, 2.24) is 0 Å². The van der Waals surface area contributed by atoms with Gasteiger partial charge in [-0.15, -0.1) is 0 Å². The Morgan fingerprint density at radius 3 is 0.593 bits per heavy atom. The molecule has 0 saturated carbocycles. The number of ketones is 6. The van der Waals surface area contributed by atoms with E-state index in [2.05, 4.69) is 0 Å². The number of benzene rings is 6. The number of halogens is 6. The fraction of sp³-hybridized carbons (Fsp3) is 0.506. The Labute approximate surface area is 690 Å². The van der Waals surface area contributed by atoms with Crippen molar-refractivity contribution in [2.75, 3.05) is 67.1 Å². The molecule has 0 bridgehead atoms. The number of rotatable bonds is 8. The third kappa shape index (κ3) is 24.1. The van der Waals surface area contributed by atoms with Crippen molar-refractivity contribution in [2.24, 2.45) is 0 Å². The molecular weight excluding hydrogens is 1620 g/mol. The molecule has 118 heavy (non-hydrogen) atoms. The van der Waals surface area contributed by atoms with Crippen LogP contribution in [0.25, 0.3) is 0 Å². The van der Waals surface area contributed by atoms with E-state index in [-0.39, 0.29) is 186 Å². The van der Waals surface area contributed by atoms with Crippen LogP contribution in [0.2, 0.25) is 0 Å². The van der Waals surface area contributed by atoms with Crippen LogP contribution in [0.15, 0.2) is 109 Å². The fourth-order valence-electron chi connectivity index (χ4n) is 13.6. The first-order valence-electron chi connectivity index (χ1n) is 37.9. The summed E-state index contributed by atoms with van der Waals surface area (Å²) in [4.78, 5) is 70.8. The number of ether oxygens (including phenoxy) is 20. The number of fused-ring (bicyclic) bond motifs is 6. The van der Waals surface area contributed by atoms with Gasteiger partial charge in [0.2, 0.25) is 0 Å². The van der Waals surface area contributed by atoms with E-state index in [1.807, 2.05) is 55.4 Å². The van der Waals surface area contributed by atoms with Crippen molar-refractivity contribution in [2.45, 2.75) is 210 Å². The summed E-state index contributed by atoms with van der Waals surface area (Å²) in [7, 11) is 3.21. The summed E-state index contributed by atoms with van der Waals surface area (Å²) in [5.41, 5.74) is 1.96. The van der Waals surface area contributed by atoms with Crippen LogP contribution < -0.4 is 28.4 Å². The molecule has 33 heteroatoms. The number of carbonyl (C=O) groups excluding carboxylic acids is 6. The minimum atomic E-state index is -0.653. The molecule has 14 aliphatic rings. The Morgan fingerprint density at radius 2 is 0.449 bits per heavy atom. The predicted molar refractivity (Wildman–Crippen MR) is 408 cm³/mol. The van der Waals surface area contributed by atoms with Crippen molar-refractivity contribution >= 4 is 54.5 Å². The van der Waals surface area contributed by atoms with E-state index in [4.69, 9.17) is 94.7 Å². The Kier molecular flexibility index (Phi) is 29.4. The molecular formula is C85H97F6GaO26. The number of epoxide rings is 4. The van der Waals surface area contributed by atoms with Crippen molar-refractivity contribution in [3.8, 4) is 34.5 Å². The van der Waals surface area contributed by atoms with Gasteiger partial charge in [-0.05, 0) is 165 Å². The summed E-state index contributed by atoms with van der Waals surface area (Å²) in [6.45, 7) is 19.2. The summed E-state index contributed by atoms with van der Waals surface area (Å²) in [6.07, 6.45) is -0.866. The van der Waals surface area contributed by atoms with Crippen LogP contribution >= 0.6 is 0 Å².